The van der Waals surface area contributed by atoms with E-state index in [9.17, 15) is 4.79 Å². The molecule has 0 spiro atoms. The Kier molecular flexibility index (Phi) is 6.24. The molecule has 3 aromatic heterocycles. The molecule has 0 unspecified atom stereocenters. The molecule has 3 aromatic rings. The third-order valence-corrected chi connectivity index (χ3v) is 5.10. The van der Waals surface area contributed by atoms with Crippen molar-refractivity contribution in [3.05, 3.63) is 27.7 Å². The van der Waals surface area contributed by atoms with Gasteiger partial charge in [0.15, 0.2) is 0 Å². The maximum Gasteiger partial charge on any atom is 0.227 e. The lowest BCUT2D eigenvalue weighted by Gasteiger charge is -1.98. The normalized spacial score (nSPS) is 10.9. The van der Waals surface area contributed by atoms with Gasteiger partial charge < -0.3 is 9.84 Å². The minimum atomic E-state index is -0.133. The molecule has 0 bridgehead atoms. The Balaban J connectivity index is 1.45. The number of unbranched alkanes of at least 4 members (excludes halogenated alkanes) is 2. The average Bonchev–Trinajstić information content (AvgIpc) is 3.35. The first-order chi connectivity index (χ1) is 12.2. The van der Waals surface area contributed by atoms with Gasteiger partial charge in [-0.25, -0.2) is 0 Å². The summed E-state index contributed by atoms with van der Waals surface area (Å²) in [5.74, 6) is 0.873. The summed E-state index contributed by atoms with van der Waals surface area (Å²) < 4.78 is 5.19. The minimum absolute atomic E-state index is 0.133. The third kappa shape index (κ3) is 5.17. The number of carbonyl (C=O) groups excluding carboxylic acids is 1. The van der Waals surface area contributed by atoms with Gasteiger partial charge in [0.2, 0.25) is 22.8 Å². The minimum Gasteiger partial charge on any atom is -0.339 e. The van der Waals surface area contributed by atoms with Crippen molar-refractivity contribution in [2.24, 2.45) is 0 Å². The fourth-order valence-electron chi connectivity index (χ4n) is 2.20. The molecular formula is C16H19N5O2S2. The Hall–Kier alpha value is -2.13. The van der Waals surface area contributed by atoms with Crippen LogP contribution < -0.4 is 5.32 Å². The first-order valence-electron chi connectivity index (χ1n) is 8.22. The Labute approximate surface area is 153 Å². The van der Waals surface area contributed by atoms with Gasteiger partial charge in [0.25, 0.3) is 0 Å². The number of carbonyl (C=O) groups is 1. The standard InChI is InChI=1S/C16H19N5O2S2/c1-2-3-4-5-14-19-20-16(25-14)17-12(22)6-7-13-18-15(21-23-13)11-8-9-24-10-11/h8-10H,2-7H2,1H3,(H,17,20,22). The molecule has 25 heavy (non-hydrogen) atoms. The maximum absolute atomic E-state index is 12.0. The highest BCUT2D eigenvalue weighted by Crippen LogP contribution is 2.20. The molecule has 9 heteroatoms. The van der Waals surface area contributed by atoms with Crippen molar-refractivity contribution < 1.29 is 9.32 Å². The highest BCUT2D eigenvalue weighted by atomic mass is 32.1. The summed E-state index contributed by atoms with van der Waals surface area (Å²) in [7, 11) is 0. The van der Waals surface area contributed by atoms with E-state index in [1.807, 2.05) is 16.8 Å². The summed E-state index contributed by atoms with van der Waals surface area (Å²) in [5.41, 5.74) is 0.925. The lowest BCUT2D eigenvalue weighted by atomic mass is 10.2. The first kappa shape index (κ1) is 17.7. The molecule has 0 aliphatic carbocycles. The van der Waals surface area contributed by atoms with Crippen LogP contribution in [0.5, 0.6) is 0 Å². The molecule has 0 aliphatic heterocycles. The van der Waals surface area contributed by atoms with E-state index in [-0.39, 0.29) is 12.3 Å². The topological polar surface area (TPSA) is 93.8 Å². The molecule has 0 atom stereocenters. The van der Waals surface area contributed by atoms with E-state index < -0.39 is 0 Å². The van der Waals surface area contributed by atoms with Crippen LogP contribution in [-0.2, 0) is 17.6 Å². The number of rotatable bonds is 9. The van der Waals surface area contributed by atoms with Crippen LogP contribution in [-0.4, -0.2) is 26.2 Å². The van der Waals surface area contributed by atoms with Crippen LogP contribution in [0.4, 0.5) is 5.13 Å². The summed E-state index contributed by atoms with van der Waals surface area (Å²) in [5, 5.41) is 20.2. The zero-order valence-corrected chi connectivity index (χ0v) is 15.5. The van der Waals surface area contributed by atoms with Gasteiger partial charge >= 0.3 is 0 Å². The predicted molar refractivity (Wildman–Crippen MR) is 97.7 cm³/mol. The van der Waals surface area contributed by atoms with Crippen molar-refractivity contribution in [2.45, 2.75) is 45.4 Å². The van der Waals surface area contributed by atoms with Gasteiger partial charge in [-0.2, -0.15) is 16.3 Å². The number of hydrogen-bond donors (Lipinski definition) is 1. The molecule has 0 aliphatic rings. The van der Waals surface area contributed by atoms with Crippen molar-refractivity contribution >= 4 is 33.7 Å². The van der Waals surface area contributed by atoms with Crippen molar-refractivity contribution in [1.82, 2.24) is 20.3 Å². The molecule has 0 radical (unpaired) electrons. The highest BCUT2D eigenvalue weighted by molar-refractivity contribution is 7.15. The first-order valence-corrected chi connectivity index (χ1v) is 9.98. The fourth-order valence-corrected chi connectivity index (χ4v) is 3.63. The van der Waals surface area contributed by atoms with Crippen molar-refractivity contribution in [3.63, 3.8) is 0 Å². The smallest absolute Gasteiger partial charge is 0.227 e. The number of nitrogens with zero attached hydrogens (tertiary/aromatic N) is 4. The second kappa shape index (κ2) is 8.82. The molecule has 3 heterocycles. The van der Waals surface area contributed by atoms with Crippen LogP contribution in [0, 0.1) is 0 Å². The van der Waals surface area contributed by atoms with E-state index in [1.54, 1.807) is 11.3 Å². The van der Waals surface area contributed by atoms with Crippen molar-refractivity contribution in [3.8, 4) is 11.4 Å². The van der Waals surface area contributed by atoms with E-state index in [2.05, 4.69) is 32.6 Å². The Morgan fingerprint density at radius 1 is 1.28 bits per heavy atom. The van der Waals surface area contributed by atoms with Crippen molar-refractivity contribution in [1.29, 1.82) is 0 Å². The van der Waals surface area contributed by atoms with Crippen LogP contribution in [0.3, 0.4) is 0 Å². The van der Waals surface area contributed by atoms with Crippen molar-refractivity contribution in [2.75, 3.05) is 5.32 Å². The van der Waals surface area contributed by atoms with Gasteiger partial charge in [-0.3, -0.25) is 4.79 Å². The molecule has 0 fully saturated rings. The van der Waals surface area contributed by atoms with Crippen LogP contribution in [0.15, 0.2) is 21.3 Å². The fraction of sp³-hybridized carbons (Fsp3) is 0.438. The summed E-state index contributed by atoms with van der Waals surface area (Å²) in [6, 6.07) is 1.93. The monoisotopic (exact) mass is 377 g/mol. The second-order valence-electron chi connectivity index (χ2n) is 5.53. The lowest BCUT2D eigenvalue weighted by Crippen LogP contribution is -2.12. The van der Waals surface area contributed by atoms with E-state index in [0.717, 1.165) is 23.4 Å². The number of nitrogens with one attached hydrogen (secondary N) is 1. The van der Waals surface area contributed by atoms with Gasteiger partial charge in [-0.05, 0) is 17.9 Å². The predicted octanol–water partition coefficient (Wildman–Crippen LogP) is 3.95. The molecule has 0 saturated heterocycles. The zero-order chi connectivity index (χ0) is 17.5. The van der Waals surface area contributed by atoms with Gasteiger partial charge in [0.1, 0.15) is 5.01 Å². The summed E-state index contributed by atoms with van der Waals surface area (Å²) in [4.78, 5) is 16.3. The molecule has 0 saturated carbocycles. The Bertz CT molecular complexity index is 797. The average molecular weight is 377 g/mol. The van der Waals surface area contributed by atoms with Gasteiger partial charge in [-0.1, -0.05) is 36.3 Å². The summed E-state index contributed by atoms with van der Waals surface area (Å²) in [6.07, 6.45) is 5.02. The van der Waals surface area contributed by atoms with Crippen LogP contribution in [0.25, 0.3) is 11.4 Å². The van der Waals surface area contributed by atoms with E-state index >= 15 is 0 Å². The number of hydrogen-bond acceptors (Lipinski definition) is 8. The Morgan fingerprint density at radius 3 is 3.00 bits per heavy atom. The van der Waals surface area contributed by atoms with E-state index in [1.165, 1.54) is 24.2 Å². The Morgan fingerprint density at radius 2 is 2.20 bits per heavy atom. The number of amides is 1. The van der Waals surface area contributed by atoms with E-state index in [4.69, 9.17) is 4.52 Å². The second-order valence-corrected chi connectivity index (χ2v) is 7.37. The quantitative estimate of drug-likeness (QED) is 0.567. The molecule has 1 N–H and O–H groups in total. The molecule has 7 nitrogen and oxygen atoms in total. The zero-order valence-electron chi connectivity index (χ0n) is 13.9. The maximum atomic E-state index is 12.0. The van der Waals surface area contributed by atoms with Gasteiger partial charge in [0, 0.05) is 30.2 Å². The van der Waals surface area contributed by atoms with Crippen LogP contribution >= 0.6 is 22.7 Å². The largest absolute Gasteiger partial charge is 0.339 e. The molecule has 3 rings (SSSR count). The highest BCUT2D eigenvalue weighted by Gasteiger charge is 2.12. The summed E-state index contributed by atoms with van der Waals surface area (Å²) in [6.45, 7) is 2.17. The molecular weight excluding hydrogens is 358 g/mol. The van der Waals surface area contributed by atoms with Gasteiger partial charge in [0.05, 0.1) is 0 Å². The number of aromatic nitrogens is 4. The lowest BCUT2D eigenvalue weighted by molar-refractivity contribution is -0.116. The molecule has 132 valence electrons. The number of anilines is 1. The summed E-state index contributed by atoms with van der Waals surface area (Å²) >= 11 is 3.00. The number of thiophene rings is 1. The van der Waals surface area contributed by atoms with Crippen LogP contribution in [0.1, 0.15) is 43.5 Å². The third-order valence-electron chi connectivity index (χ3n) is 3.52. The van der Waals surface area contributed by atoms with E-state index in [0.29, 0.717) is 23.3 Å². The van der Waals surface area contributed by atoms with Crippen LogP contribution in [0.2, 0.25) is 0 Å². The number of aryl methyl sites for hydroxylation is 2. The molecule has 1 amide bonds. The SMILES string of the molecule is CCCCCc1nnc(NC(=O)CCc2nc(-c3ccsc3)no2)s1. The molecule has 0 aromatic carbocycles. The van der Waals surface area contributed by atoms with Gasteiger partial charge in [-0.15, -0.1) is 10.2 Å².